The zero-order chi connectivity index (χ0) is 8.81. The molecule has 1 aromatic rings. The van der Waals surface area contributed by atoms with Crippen LogP contribution < -0.4 is 0 Å². The van der Waals surface area contributed by atoms with Crippen molar-refractivity contribution < 1.29 is 0 Å². The van der Waals surface area contributed by atoms with Gasteiger partial charge in [0, 0.05) is 5.02 Å². The summed E-state index contributed by atoms with van der Waals surface area (Å²) in [6.07, 6.45) is 6.00. The maximum atomic E-state index is 5.75. The van der Waals surface area contributed by atoms with Crippen molar-refractivity contribution in [3.8, 4) is 0 Å². The third-order valence-electron chi connectivity index (χ3n) is 1.68. The molecular formula is C11H12Cl. The molecule has 0 fully saturated rings. The van der Waals surface area contributed by atoms with Gasteiger partial charge in [0.2, 0.25) is 0 Å². The average molecular weight is 180 g/mol. The summed E-state index contributed by atoms with van der Waals surface area (Å²) in [5, 5.41) is 0.798. The Hall–Kier alpha value is -0.750. The van der Waals surface area contributed by atoms with Gasteiger partial charge in [0.1, 0.15) is 0 Å². The molecule has 0 amide bonds. The fourth-order valence-electron chi connectivity index (χ4n) is 1.02. The number of halogens is 1. The van der Waals surface area contributed by atoms with E-state index in [-0.39, 0.29) is 0 Å². The van der Waals surface area contributed by atoms with Crippen molar-refractivity contribution in [2.75, 3.05) is 0 Å². The first kappa shape index (κ1) is 9.34. The van der Waals surface area contributed by atoms with Crippen LogP contribution in [0.3, 0.4) is 0 Å². The fourth-order valence-corrected chi connectivity index (χ4v) is 1.14. The van der Waals surface area contributed by atoms with Crippen LogP contribution in [0.1, 0.15) is 12.0 Å². The maximum absolute atomic E-state index is 5.75. The lowest BCUT2D eigenvalue weighted by Crippen LogP contribution is -1.81. The van der Waals surface area contributed by atoms with E-state index in [1.165, 1.54) is 5.56 Å². The second kappa shape index (κ2) is 5.00. The summed E-state index contributed by atoms with van der Waals surface area (Å²) in [6.45, 7) is 3.63. The lowest BCUT2D eigenvalue weighted by molar-refractivity contribution is 1.00. The molecule has 0 aliphatic rings. The molecule has 0 nitrogen and oxygen atoms in total. The molecule has 1 radical (unpaired) electrons. The summed E-state index contributed by atoms with van der Waals surface area (Å²) in [4.78, 5) is 0. The maximum Gasteiger partial charge on any atom is 0.0406 e. The molecule has 0 aromatic heterocycles. The standard InChI is InChI=1S/C11H12Cl/c1-2-3-4-5-10-6-8-11(12)9-7-10/h2-3,6-9H,1,4-5H2. The summed E-state index contributed by atoms with van der Waals surface area (Å²) in [6, 6.07) is 7.95. The summed E-state index contributed by atoms with van der Waals surface area (Å²) in [5.74, 6) is 0. The van der Waals surface area contributed by atoms with E-state index in [4.69, 9.17) is 11.6 Å². The molecule has 0 aliphatic heterocycles. The number of rotatable bonds is 3. The number of allylic oxidation sites excluding steroid dienone is 2. The summed E-state index contributed by atoms with van der Waals surface area (Å²) >= 11 is 5.75. The molecule has 0 saturated heterocycles. The van der Waals surface area contributed by atoms with Crippen LogP contribution >= 0.6 is 11.6 Å². The topological polar surface area (TPSA) is 0 Å². The third-order valence-corrected chi connectivity index (χ3v) is 1.93. The predicted molar refractivity (Wildman–Crippen MR) is 54.3 cm³/mol. The van der Waals surface area contributed by atoms with Gasteiger partial charge in [0.15, 0.2) is 0 Å². The highest BCUT2D eigenvalue weighted by Crippen LogP contribution is 2.10. The van der Waals surface area contributed by atoms with E-state index in [0.717, 1.165) is 17.9 Å². The van der Waals surface area contributed by atoms with Crippen molar-refractivity contribution >= 4 is 11.6 Å². The van der Waals surface area contributed by atoms with Gasteiger partial charge in [-0.2, -0.15) is 0 Å². The third kappa shape index (κ3) is 3.10. The number of aryl methyl sites for hydroxylation is 1. The number of hydrogen-bond donors (Lipinski definition) is 0. The minimum atomic E-state index is 0.798. The Morgan fingerprint density at radius 3 is 2.50 bits per heavy atom. The minimum Gasteiger partial charge on any atom is -0.0882 e. The molecule has 0 spiro atoms. The fraction of sp³-hybridized carbons (Fsp3) is 0.182. The van der Waals surface area contributed by atoms with Gasteiger partial charge in [-0.15, -0.1) is 0 Å². The van der Waals surface area contributed by atoms with Crippen LogP contribution in [-0.2, 0) is 6.42 Å². The van der Waals surface area contributed by atoms with Crippen molar-refractivity contribution in [3.05, 3.63) is 53.9 Å². The minimum absolute atomic E-state index is 0.798. The largest absolute Gasteiger partial charge is 0.0882 e. The Morgan fingerprint density at radius 1 is 1.25 bits per heavy atom. The number of hydrogen-bond acceptors (Lipinski definition) is 0. The molecule has 1 rings (SSSR count). The normalized spacial score (nSPS) is 10.8. The van der Waals surface area contributed by atoms with Crippen molar-refractivity contribution in [3.63, 3.8) is 0 Å². The zero-order valence-electron chi connectivity index (χ0n) is 6.96. The molecule has 1 heteroatoms. The van der Waals surface area contributed by atoms with Crippen molar-refractivity contribution in [2.45, 2.75) is 12.8 Å². The van der Waals surface area contributed by atoms with Crippen LogP contribution in [-0.4, -0.2) is 0 Å². The molecule has 0 N–H and O–H groups in total. The monoisotopic (exact) mass is 179 g/mol. The highest BCUT2D eigenvalue weighted by molar-refractivity contribution is 6.30. The Bertz CT molecular complexity index is 246. The second-order valence-corrected chi connectivity index (χ2v) is 3.07. The number of benzene rings is 1. The van der Waals surface area contributed by atoms with Gasteiger partial charge >= 0.3 is 0 Å². The van der Waals surface area contributed by atoms with Crippen LogP contribution in [0, 0.1) is 6.92 Å². The summed E-state index contributed by atoms with van der Waals surface area (Å²) in [5.41, 5.74) is 1.32. The van der Waals surface area contributed by atoms with Crippen LogP contribution in [0.4, 0.5) is 0 Å². The Balaban J connectivity index is 2.47. The quantitative estimate of drug-likeness (QED) is 0.665. The van der Waals surface area contributed by atoms with Gasteiger partial charge in [-0.05, 0) is 37.5 Å². The van der Waals surface area contributed by atoms with Crippen LogP contribution in [0.15, 0.2) is 36.4 Å². The molecule has 0 aliphatic carbocycles. The van der Waals surface area contributed by atoms with E-state index < -0.39 is 0 Å². The zero-order valence-corrected chi connectivity index (χ0v) is 7.72. The Morgan fingerprint density at radius 2 is 1.92 bits per heavy atom. The van der Waals surface area contributed by atoms with E-state index >= 15 is 0 Å². The molecule has 0 saturated carbocycles. The van der Waals surface area contributed by atoms with Gasteiger partial charge in [0.05, 0.1) is 0 Å². The molecule has 0 unspecified atom stereocenters. The van der Waals surface area contributed by atoms with Gasteiger partial charge in [-0.1, -0.05) is 35.9 Å². The van der Waals surface area contributed by atoms with E-state index in [0.29, 0.717) is 0 Å². The van der Waals surface area contributed by atoms with E-state index in [1.54, 1.807) is 0 Å². The lowest BCUT2D eigenvalue weighted by atomic mass is 10.1. The molecular weight excluding hydrogens is 168 g/mol. The first-order valence-electron chi connectivity index (χ1n) is 4.01. The molecule has 63 valence electrons. The highest BCUT2D eigenvalue weighted by atomic mass is 35.5. The van der Waals surface area contributed by atoms with Crippen molar-refractivity contribution in [2.24, 2.45) is 0 Å². The van der Waals surface area contributed by atoms with Gasteiger partial charge in [0.25, 0.3) is 0 Å². The summed E-state index contributed by atoms with van der Waals surface area (Å²) < 4.78 is 0. The van der Waals surface area contributed by atoms with Crippen LogP contribution in [0.5, 0.6) is 0 Å². The van der Waals surface area contributed by atoms with E-state index in [2.05, 4.69) is 25.1 Å². The molecule has 1 aromatic carbocycles. The average Bonchev–Trinajstić information content (AvgIpc) is 2.09. The first-order chi connectivity index (χ1) is 5.83. The predicted octanol–water partition coefficient (Wildman–Crippen LogP) is 3.66. The van der Waals surface area contributed by atoms with Gasteiger partial charge in [-0.25, -0.2) is 0 Å². The first-order valence-corrected chi connectivity index (χ1v) is 4.39. The van der Waals surface area contributed by atoms with Crippen LogP contribution in [0.2, 0.25) is 5.02 Å². The van der Waals surface area contributed by atoms with E-state index in [1.807, 2.05) is 18.2 Å². The Labute approximate surface area is 78.9 Å². The molecule has 0 heterocycles. The molecule has 12 heavy (non-hydrogen) atoms. The SMILES string of the molecule is [CH2]C=CCCc1ccc(Cl)cc1. The van der Waals surface area contributed by atoms with Crippen molar-refractivity contribution in [1.29, 1.82) is 0 Å². The van der Waals surface area contributed by atoms with Gasteiger partial charge in [-0.3, -0.25) is 0 Å². The van der Waals surface area contributed by atoms with Crippen LogP contribution in [0.25, 0.3) is 0 Å². The second-order valence-electron chi connectivity index (χ2n) is 2.64. The Kier molecular flexibility index (Phi) is 3.89. The van der Waals surface area contributed by atoms with Gasteiger partial charge < -0.3 is 0 Å². The molecule has 0 bridgehead atoms. The van der Waals surface area contributed by atoms with Crippen molar-refractivity contribution in [1.82, 2.24) is 0 Å². The summed E-state index contributed by atoms with van der Waals surface area (Å²) in [7, 11) is 0. The highest BCUT2D eigenvalue weighted by Gasteiger charge is 1.90. The molecule has 0 atom stereocenters. The smallest absolute Gasteiger partial charge is 0.0406 e. The lowest BCUT2D eigenvalue weighted by Gasteiger charge is -1.97. The van der Waals surface area contributed by atoms with E-state index in [9.17, 15) is 0 Å².